The summed E-state index contributed by atoms with van der Waals surface area (Å²) in [6, 6.07) is 0. The predicted octanol–water partition coefficient (Wildman–Crippen LogP) is 3.52. The predicted molar refractivity (Wildman–Crippen MR) is 99.9 cm³/mol. The fourth-order valence-corrected chi connectivity index (χ4v) is 4.86. The molecule has 2 amide bonds. The number of likely N-dealkylation sites (tertiary alicyclic amines) is 1. The second kappa shape index (κ2) is 8.98. The van der Waals surface area contributed by atoms with Crippen LogP contribution in [0, 0.1) is 23.7 Å². The van der Waals surface area contributed by atoms with Gasteiger partial charge in [-0.05, 0) is 50.6 Å². The lowest BCUT2D eigenvalue weighted by Gasteiger charge is -2.17. The molecule has 140 valence electrons. The van der Waals surface area contributed by atoms with Crippen LogP contribution in [0.2, 0.25) is 0 Å². The van der Waals surface area contributed by atoms with Crippen molar-refractivity contribution in [3.05, 3.63) is 12.2 Å². The molecule has 0 aromatic rings. The van der Waals surface area contributed by atoms with E-state index < -0.39 is 0 Å². The van der Waals surface area contributed by atoms with Crippen molar-refractivity contribution in [1.82, 2.24) is 10.2 Å². The van der Waals surface area contributed by atoms with Gasteiger partial charge >= 0.3 is 0 Å². The van der Waals surface area contributed by atoms with Crippen molar-refractivity contribution in [2.75, 3.05) is 19.6 Å². The molecule has 4 unspecified atom stereocenters. The molecule has 2 aliphatic carbocycles. The molecule has 1 heterocycles. The molecule has 4 nitrogen and oxygen atoms in total. The number of nitrogens with one attached hydrogen (secondary N) is 1. The average molecular weight is 347 g/mol. The van der Waals surface area contributed by atoms with Crippen LogP contribution < -0.4 is 5.32 Å². The largest absolute Gasteiger partial charge is 0.317 e. The zero-order chi connectivity index (χ0) is 17.6. The summed E-state index contributed by atoms with van der Waals surface area (Å²) in [6.45, 7) is 5.10. The van der Waals surface area contributed by atoms with E-state index in [0.29, 0.717) is 18.4 Å². The summed E-state index contributed by atoms with van der Waals surface area (Å²) >= 11 is 0. The van der Waals surface area contributed by atoms with E-state index in [1.807, 2.05) is 0 Å². The van der Waals surface area contributed by atoms with E-state index in [-0.39, 0.29) is 23.7 Å². The summed E-state index contributed by atoms with van der Waals surface area (Å²) in [6.07, 6.45) is 15.0. The molecular weight excluding hydrogens is 312 g/mol. The first kappa shape index (κ1) is 18.6. The first-order chi connectivity index (χ1) is 12.2. The molecule has 4 atom stereocenters. The summed E-state index contributed by atoms with van der Waals surface area (Å²) in [5.41, 5.74) is 0. The molecule has 1 saturated heterocycles. The van der Waals surface area contributed by atoms with Crippen LogP contribution in [0.3, 0.4) is 0 Å². The summed E-state index contributed by atoms with van der Waals surface area (Å²) in [4.78, 5) is 26.7. The van der Waals surface area contributed by atoms with E-state index in [1.54, 1.807) is 4.90 Å². The number of unbranched alkanes of at least 4 members (excludes halogenated alkanes) is 6. The Labute approximate surface area is 152 Å². The van der Waals surface area contributed by atoms with Crippen LogP contribution in [0.25, 0.3) is 0 Å². The van der Waals surface area contributed by atoms with E-state index in [9.17, 15) is 9.59 Å². The van der Waals surface area contributed by atoms with Crippen molar-refractivity contribution in [3.8, 4) is 0 Å². The van der Waals surface area contributed by atoms with E-state index in [0.717, 1.165) is 32.4 Å². The van der Waals surface area contributed by atoms with Gasteiger partial charge in [-0.2, -0.15) is 0 Å². The normalized spacial score (nSPS) is 29.9. The third-order valence-electron chi connectivity index (χ3n) is 6.25. The van der Waals surface area contributed by atoms with Crippen LogP contribution in [0.5, 0.6) is 0 Å². The molecule has 3 rings (SSSR count). The van der Waals surface area contributed by atoms with Crippen LogP contribution in [0.1, 0.15) is 64.7 Å². The Morgan fingerprint density at radius 3 is 2.04 bits per heavy atom. The summed E-state index contributed by atoms with van der Waals surface area (Å²) in [5, 5.41) is 3.51. The number of imide groups is 1. The molecule has 2 bridgehead atoms. The van der Waals surface area contributed by atoms with Gasteiger partial charge in [0.25, 0.3) is 0 Å². The average Bonchev–Trinajstić information content (AvgIpc) is 3.28. The third-order valence-corrected chi connectivity index (χ3v) is 6.25. The topological polar surface area (TPSA) is 49.4 Å². The Hall–Kier alpha value is -1.16. The van der Waals surface area contributed by atoms with Crippen molar-refractivity contribution in [2.45, 2.75) is 64.7 Å². The second-order valence-electron chi connectivity index (χ2n) is 8.05. The number of hydrogen-bond acceptors (Lipinski definition) is 3. The number of rotatable bonds is 12. The number of hydrogen-bond donors (Lipinski definition) is 1. The van der Waals surface area contributed by atoms with Crippen molar-refractivity contribution in [3.63, 3.8) is 0 Å². The van der Waals surface area contributed by atoms with Gasteiger partial charge in [0.05, 0.1) is 11.8 Å². The highest BCUT2D eigenvalue weighted by atomic mass is 16.2. The number of fused-ring (bicyclic) bond motifs is 5. The van der Waals surface area contributed by atoms with E-state index >= 15 is 0 Å². The zero-order valence-electron chi connectivity index (χ0n) is 15.7. The maximum absolute atomic E-state index is 12.6. The lowest BCUT2D eigenvalue weighted by Crippen LogP contribution is -2.33. The van der Waals surface area contributed by atoms with Crippen molar-refractivity contribution < 1.29 is 9.59 Å². The lowest BCUT2D eigenvalue weighted by molar-refractivity contribution is -0.140. The molecule has 0 aromatic heterocycles. The molecule has 0 radical (unpaired) electrons. The monoisotopic (exact) mass is 346 g/mol. The molecule has 1 saturated carbocycles. The molecule has 25 heavy (non-hydrogen) atoms. The Balaban J connectivity index is 1.24. The molecule has 1 N–H and O–H groups in total. The number of carbonyl (C=O) groups excluding carboxylic acids is 2. The smallest absolute Gasteiger partial charge is 0.233 e. The lowest BCUT2D eigenvalue weighted by atomic mass is 9.85. The zero-order valence-corrected chi connectivity index (χ0v) is 15.7. The first-order valence-electron chi connectivity index (χ1n) is 10.5. The van der Waals surface area contributed by atoms with Crippen LogP contribution >= 0.6 is 0 Å². The summed E-state index contributed by atoms with van der Waals surface area (Å²) in [7, 11) is 0. The van der Waals surface area contributed by atoms with Gasteiger partial charge in [0.15, 0.2) is 0 Å². The Kier molecular flexibility index (Phi) is 6.69. The van der Waals surface area contributed by atoms with Crippen molar-refractivity contribution >= 4 is 11.8 Å². The van der Waals surface area contributed by atoms with Gasteiger partial charge < -0.3 is 5.32 Å². The van der Waals surface area contributed by atoms with Crippen molar-refractivity contribution in [1.29, 1.82) is 0 Å². The molecular formula is C21H34N2O2. The minimum Gasteiger partial charge on any atom is -0.317 e. The molecule has 0 aromatic carbocycles. The maximum Gasteiger partial charge on any atom is 0.233 e. The van der Waals surface area contributed by atoms with Crippen LogP contribution in [-0.4, -0.2) is 36.3 Å². The van der Waals surface area contributed by atoms with E-state index in [1.165, 1.54) is 38.5 Å². The fraction of sp³-hybridized carbons (Fsp3) is 0.810. The van der Waals surface area contributed by atoms with Gasteiger partial charge in [-0.15, -0.1) is 0 Å². The number of allylic oxidation sites excluding steroid dienone is 2. The van der Waals surface area contributed by atoms with Gasteiger partial charge in [-0.25, -0.2) is 0 Å². The third kappa shape index (κ3) is 4.16. The molecule has 3 aliphatic rings. The van der Waals surface area contributed by atoms with Gasteiger partial charge in [0, 0.05) is 6.54 Å². The van der Waals surface area contributed by atoms with E-state index in [4.69, 9.17) is 0 Å². The second-order valence-corrected chi connectivity index (χ2v) is 8.05. The Bertz CT molecular complexity index is 472. The molecule has 2 fully saturated rings. The molecule has 1 aliphatic heterocycles. The minimum atomic E-state index is -0.0283. The number of amides is 2. The van der Waals surface area contributed by atoms with Gasteiger partial charge in [0.1, 0.15) is 0 Å². The van der Waals surface area contributed by atoms with Crippen LogP contribution in [0.15, 0.2) is 12.2 Å². The highest BCUT2D eigenvalue weighted by Crippen LogP contribution is 2.52. The number of carbonyl (C=O) groups is 2. The van der Waals surface area contributed by atoms with E-state index in [2.05, 4.69) is 24.4 Å². The fourth-order valence-electron chi connectivity index (χ4n) is 4.86. The quantitative estimate of drug-likeness (QED) is 0.334. The van der Waals surface area contributed by atoms with Crippen LogP contribution in [0.4, 0.5) is 0 Å². The number of nitrogens with zero attached hydrogens (tertiary/aromatic N) is 1. The Morgan fingerprint density at radius 2 is 1.44 bits per heavy atom. The van der Waals surface area contributed by atoms with Gasteiger partial charge in [-0.3, -0.25) is 14.5 Å². The van der Waals surface area contributed by atoms with Crippen molar-refractivity contribution in [2.24, 2.45) is 23.7 Å². The van der Waals surface area contributed by atoms with Crippen LogP contribution in [-0.2, 0) is 9.59 Å². The maximum atomic E-state index is 12.6. The summed E-state index contributed by atoms with van der Waals surface area (Å²) < 4.78 is 0. The molecule has 0 spiro atoms. The first-order valence-corrected chi connectivity index (χ1v) is 10.5. The summed E-state index contributed by atoms with van der Waals surface area (Å²) in [5.74, 6) is 0.833. The standard InChI is InChI=1S/C21H34N2O2/c1-2-3-4-7-12-22-13-8-5-6-9-14-23-20(24)18-16-10-11-17(15-16)19(18)21(23)25/h10-11,16-19,22H,2-9,12-15H2,1H3. The highest BCUT2D eigenvalue weighted by Gasteiger charge is 2.58. The minimum absolute atomic E-state index is 0.0283. The van der Waals surface area contributed by atoms with Gasteiger partial charge in [0.2, 0.25) is 11.8 Å². The Morgan fingerprint density at radius 1 is 0.880 bits per heavy atom. The SMILES string of the molecule is CCCCCCNCCCCCCN1C(=O)C2C3C=CC(C3)C2C1=O. The molecule has 4 heteroatoms. The highest BCUT2D eigenvalue weighted by molar-refractivity contribution is 6.06. The van der Waals surface area contributed by atoms with Gasteiger partial charge in [-0.1, -0.05) is 51.2 Å².